The SMILES string of the molecule is Cc1cc(C(=O)NC(C)c2ccc(C(C)C)cc2)c(C)o1. The van der Waals surface area contributed by atoms with Gasteiger partial charge in [0.15, 0.2) is 0 Å². The van der Waals surface area contributed by atoms with E-state index in [0.717, 1.165) is 11.3 Å². The Morgan fingerprint density at radius 3 is 2.10 bits per heavy atom. The second-order valence-corrected chi connectivity index (χ2v) is 5.84. The molecule has 1 amide bonds. The number of rotatable bonds is 4. The largest absolute Gasteiger partial charge is 0.466 e. The fraction of sp³-hybridized carbons (Fsp3) is 0.389. The monoisotopic (exact) mass is 285 g/mol. The third-order valence-electron chi connectivity index (χ3n) is 3.74. The van der Waals surface area contributed by atoms with Crippen molar-refractivity contribution in [3.63, 3.8) is 0 Å². The van der Waals surface area contributed by atoms with Crippen molar-refractivity contribution in [2.45, 2.75) is 46.6 Å². The highest BCUT2D eigenvalue weighted by molar-refractivity contribution is 5.95. The predicted molar refractivity (Wildman–Crippen MR) is 84.6 cm³/mol. The molecule has 0 spiro atoms. The maximum Gasteiger partial charge on any atom is 0.255 e. The zero-order chi connectivity index (χ0) is 15.6. The Bertz CT molecular complexity index is 623. The number of hydrogen-bond acceptors (Lipinski definition) is 2. The standard InChI is InChI=1S/C18H23NO2/c1-11(2)15-6-8-16(9-7-15)13(4)19-18(20)17-10-12(3)21-14(17)5/h6-11,13H,1-5H3,(H,19,20). The zero-order valence-electron chi connectivity index (χ0n) is 13.4. The van der Waals surface area contributed by atoms with E-state index >= 15 is 0 Å². The van der Waals surface area contributed by atoms with Crippen molar-refractivity contribution in [3.8, 4) is 0 Å². The van der Waals surface area contributed by atoms with Crippen molar-refractivity contribution in [2.24, 2.45) is 0 Å². The summed E-state index contributed by atoms with van der Waals surface area (Å²) >= 11 is 0. The smallest absolute Gasteiger partial charge is 0.255 e. The number of carbonyl (C=O) groups is 1. The van der Waals surface area contributed by atoms with E-state index < -0.39 is 0 Å². The van der Waals surface area contributed by atoms with Crippen LogP contribution in [0.25, 0.3) is 0 Å². The van der Waals surface area contributed by atoms with Crippen LogP contribution >= 0.6 is 0 Å². The average Bonchev–Trinajstić information content (AvgIpc) is 2.77. The zero-order valence-corrected chi connectivity index (χ0v) is 13.4. The minimum atomic E-state index is -0.0928. The Balaban J connectivity index is 2.08. The van der Waals surface area contributed by atoms with Gasteiger partial charge in [-0.2, -0.15) is 0 Å². The molecule has 1 aromatic carbocycles. The van der Waals surface area contributed by atoms with Crippen LogP contribution in [0, 0.1) is 13.8 Å². The number of aryl methyl sites for hydroxylation is 2. The summed E-state index contributed by atoms with van der Waals surface area (Å²) in [4.78, 5) is 12.3. The summed E-state index contributed by atoms with van der Waals surface area (Å²) < 4.78 is 5.40. The molecule has 0 radical (unpaired) electrons. The van der Waals surface area contributed by atoms with Crippen LogP contribution in [0.3, 0.4) is 0 Å². The molecule has 1 heterocycles. The van der Waals surface area contributed by atoms with E-state index in [9.17, 15) is 4.79 Å². The molecular weight excluding hydrogens is 262 g/mol. The third kappa shape index (κ3) is 3.54. The van der Waals surface area contributed by atoms with Crippen LogP contribution in [0.15, 0.2) is 34.7 Å². The number of benzene rings is 1. The molecule has 1 unspecified atom stereocenters. The molecule has 1 atom stereocenters. The van der Waals surface area contributed by atoms with Crippen molar-refractivity contribution in [1.82, 2.24) is 5.32 Å². The molecule has 3 heteroatoms. The summed E-state index contributed by atoms with van der Waals surface area (Å²) in [5.74, 6) is 1.84. The fourth-order valence-electron chi connectivity index (χ4n) is 2.38. The van der Waals surface area contributed by atoms with Crippen molar-refractivity contribution >= 4 is 5.91 Å². The first-order valence-corrected chi connectivity index (χ1v) is 7.36. The van der Waals surface area contributed by atoms with Crippen LogP contribution in [-0.4, -0.2) is 5.91 Å². The van der Waals surface area contributed by atoms with E-state index in [4.69, 9.17) is 4.42 Å². The van der Waals surface area contributed by atoms with Crippen LogP contribution < -0.4 is 5.32 Å². The van der Waals surface area contributed by atoms with E-state index in [2.05, 4.69) is 43.4 Å². The second kappa shape index (κ2) is 6.17. The molecule has 0 aliphatic rings. The second-order valence-electron chi connectivity index (χ2n) is 5.84. The van der Waals surface area contributed by atoms with Crippen LogP contribution in [0.5, 0.6) is 0 Å². The number of carbonyl (C=O) groups excluding carboxylic acids is 1. The summed E-state index contributed by atoms with van der Waals surface area (Å²) in [7, 11) is 0. The lowest BCUT2D eigenvalue weighted by Gasteiger charge is -2.15. The number of nitrogens with one attached hydrogen (secondary N) is 1. The Labute approximate surface area is 126 Å². The van der Waals surface area contributed by atoms with Crippen LogP contribution in [0.1, 0.15) is 65.7 Å². The highest BCUT2D eigenvalue weighted by atomic mass is 16.3. The first kappa shape index (κ1) is 15.4. The first-order chi connectivity index (χ1) is 9.88. The molecule has 112 valence electrons. The number of amides is 1. The molecule has 21 heavy (non-hydrogen) atoms. The van der Waals surface area contributed by atoms with Gasteiger partial charge >= 0.3 is 0 Å². The average molecular weight is 285 g/mol. The molecule has 3 nitrogen and oxygen atoms in total. The minimum absolute atomic E-state index is 0.0340. The summed E-state index contributed by atoms with van der Waals surface area (Å²) in [6, 6.07) is 10.1. The minimum Gasteiger partial charge on any atom is -0.466 e. The molecule has 0 aliphatic carbocycles. The van der Waals surface area contributed by atoms with E-state index in [1.165, 1.54) is 5.56 Å². The third-order valence-corrected chi connectivity index (χ3v) is 3.74. The molecular formula is C18H23NO2. The van der Waals surface area contributed by atoms with Gasteiger partial charge in [-0.05, 0) is 43.9 Å². The first-order valence-electron chi connectivity index (χ1n) is 7.36. The molecule has 2 rings (SSSR count). The lowest BCUT2D eigenvalue weighted by molar-refractivity contribution is 0.0938. The predicted octanol–water partition coefficient (Wildman–Crippen LogP) is 4.51. The van der Waals surface area contributed by atoms with E-state index in [1.807, 2.05) is 20.8 Å². The maximum absolute atomic E-state index is 12.3. The summed E-state index contributed by atoms with van der Waals surface area (Å²) in [5.41, 5.74) is 3.02. The van der Waals surface area contributed by atoms with Crippen LogP contribution in [-0.2, 0) is 0 Å². The van der Waals surface area contributed by atoms with Gasteiger partial charge in [0, 0.05) is 0 Å². The van der Waals surface area contributed by atoms with Crippen molar-refractivity contribution in [2.75, 3.05) is 0 Å². The van der Waals surface area contributed by atoms with Gasteiger partial charge in [-0.3, -0.25) is 4.79 Å². The van der Waals surface area contributed by atoms with E-state index in [-0.39, 0.29) is 11.9 Å². The molecule has 0 bridgehead atoms. The maximum atomic E-state index is 12.3. The number of hydrogen-bond donors (Lipinski definition) is 1. The Kier molecular flexibility index (Phi) is 4.51. The van der Waals surface area contributed by atoms with Gasteiger partial charge in [-0.15, -0.1) is 0 Å². The van der Waals surface area contributed by atoms with Gasteiger partial charge < -0.3 is 9.73 Å². The number of furan rings is 1. The summed E-state index contributed by atoms with van der Waals surface area (Å²) in [6.07, 6.45) is 0. The fourth-order valence-corrected chi connectivity index (χ4v) is 2.38. The van der Waals surface area contributed by atoms with Crippen LogP contribution in [0.4, 0.5) is 0 Å². The Morgan fingerprint density at radius 1 is 1.05 bits per heavy atom. The van der Waals surface area contributed by atoms with E-state index in [0.29, 0.717) is 17.2 Å². The summed E-state index contributed by atoms with van der Waals surface area (Å²) in [5, 5.41) is 3.02. The Hall–Kier alpha value is -2.03. The molecule has 2 aromatic rings. The van der Waals surface area contributed by atoms with Crippen molar-refractivity contribution in [1.29, 1.82) is 0 Å². The van der Waals surface area contributed by atoms with Crippen molar-refractivity contribution < 1.29 is 9.21 Å². The quantitative estimate of drug-likeness (QED) is 0.898. The Morgan fingerprint density at radius 2 is 1.62 bits per heavy atom. The van der Waals surface area contributed by atoms with Gasteiger partial charge in [-0.25, -0.2) is 0 Å². The van der Waals surface area contributed by atoms with Gasteiger partial charge in [0.05, 0.1) is 11.6 Å². The molecule has 1 N–H and O–H groups in total. The van der Waals surface area contributed by atoms with Gasteiger partial charge in [-0.1, -0.05) is 38.1 Å². The lowest BCUT2D eigenvalue weighted by Crippen LogP contribution is -2.26. The molecule has 1 aromatic heterocycles. The molecule has 0 aliphatic heterocycles. The van der Waals surface area contributed by atoms with Gasteiger partial charge in [0.25, 0.3) is 5.91 Å². The normalized spacial score (nSPS) is 12.5. The lowest BCUT2D eigenvalue weighted by atomic mass is 9.99. The summed E-state index contributed by atoms with van der Waals surface area (Å²) in [6.45, 7) is 9.99. The van der Waals surface area contributed by atoms with Gasteiger partial charge in [0.2, 0.25) is 0 Å². The topological polar surface area (TPSA) is 42.2 Å². The van der Waals surface area contributed by atoms with Crippen molar-refractivity contribution in [3.05, 3.63) is 58.5 Å². The highest BCUT2D eigenvalue weighted by Gasteiger charge is 2.16. The molecule has 0 fully saturated rings. The van der Waals surface area contributed by atoms with Gasteiger partial charge in [0.1, 0.15) is 11.5 Å². The highest BCUT2D eigenvalue weighted by Crippen LogP contribution is 2.20. The molecule has 0 saturated heterocycles. The molecule has 0 saturated carbocycles. The van der Waals surface area contributed by atoms with E-state index in [1.54, 1.807) is 6.07 Å². The van der Waals surface area contributed by atoms with Crippen LogP contribution in [0.2, 0.25) is 0 Å².